The first-order valence-corrected chi connectivity index (χ1v) is 11.9. The number of likely N-dealkylation sites (N-methyl/N-ethyl adjacent to an activating group) is 1. The molecule has 5 nitrogen and oxygen atoms in total. The van der Waals surface area contributed by atoms with Gasteiger partial charge in [0.2, 0.25) is 15.9 Å². The van der Waals surface area contributed by atoms with Gasteiger partial charge >= 0.3 is 0 Å². The normalized spacial score (nSPS) is 32.5. The molecule has 0 radical (unpaired) electrons. The van der Waals surface area contributed by atoms with Crippen LogP contribution in [-0.4, -0.2) is 38.3 Å². The van der Waals surface area contributed by atoms with Crippen LogP contribution in [-0.2, 0) is 14.8 Å². The number of rotatable bonds is 6. The summed E-state index contributed by atoms with van der Waals surface area (Å²) in [4.78, 5) is 12.9. The van der Waals surface area contributed by atoms with Crippen molar-refractivity contribution in [2.45, 2.75) is 63.3 Å². The van der Waals surface area contributed by atoms with Crippen molar-refractivity contribution in [1.29, 1.82) is 0 Å². The van der Waals surface area contributed by atoms with Gasteiger partial charge in [0.15, 0.2) is 0 Å². The van der Waals surface area contributed by atoms with Crippen molar-refractivity contribution in [2.75, 3.05) is 13.6 Å². The van der Waals surface area contributed by atoms with Crippen LogP contribution in [0.3, 0.4) is 0 Å². The third kappa shape index (κ3) is 3.61. The second kappa shape index (κ2) is 7.13. The van der Waals surface area contributed by atoms with Gasteiger partial charge in [0, 0.05) is 13.1 Å². The van der Waals surface area contributed by atoms with Gasteiger partial charge < -0.3 is 5.32 Å². The summed E-state index contributed by atoms with van der Waals surface area (Å²) < 4.78 is 26.6. The van der Waals surface area contributed by atoms with Crippen LogP contribution in [0.5, 0.6) is 0 Å². The highest BCUT2D eigenvalue weighted by Crippen LogP contribution is 2.61. The van der Waals surface area contributed by atoms with Crippen LogP contribution < -0.4 is 5.32 Å². The summed E-state index contributed by atoms with van der Waals surface area (Å²) in [6, 6.07) is 6.84. The van der Waals surface area contributed by atoms with Gasteiger partial charge in [-0.25, -0.2) is 8.42 Å². The number of carbonyl (C=O) groups excluding carboxylic acids is 1. The number of aryl methyl sites for hydroxylation is 1. The Kier molecular flexibility index (Phi) is 5.07. The second-order valence-electron chi connectivity index (χ2n) is 9.64. The number of hydrogen-bond acceptors (Lipinski definition) is 3. The fourth-order valence-electron chi connectivity index (χ4n) is 6.33. The molecule has 0 saturated heterocycles. The zero-order valence-electron chi connectivity index (χ0n) is 17.1. The lowest BCUT2D eigenvalue weighted by atomic mass is 9.48. The van der Waals surface area contributed by atoms with Crippen molar-refractivity contribution < 1.29 is 13.2 Å². The third-order valence-corrected chi connectivity index (χ3v) is 9.29. The van der Waals surface area contributed by atoms with Crippen LogP contribution in [0, 0.1) is 30.1 Å². The first-order chi connectivity index (χ1) is 13.2. The van der Waals surface area contributed by atoms with E-state index in [4.69, 9.17) is 0 Å². The number of benzene rings is 1. The first-order valence-electron chi connectivity index (χ1n) is 10.5. The van der Waals surface area contributed by atoms with E-state index in [2.05, 4.69) is 12.2 Å². The van der Waals surface area contributed by atoms with E-state index in [1.165, 1.54) is 45.6 Å². The lowest BCUT2D eigenvalue weighted by molar-refractivity contribution is -0.125. The van der Waals surface area contributed by atoms with Crippen LogP contribution in [0.25, 0.3) is 0 Å². The maximum atomic E-state index is 12.7. The minimum absolute atomic E-state index is 0.101. The second-order valence-corrected chi connectivity index (χ2v) is 11.7. The quantitative estimate of drug-likeness (QED) is 0.791. The average Bonchev–Trinajstić information content (AvgIpc) is 2.60. The van der Waals surface area contributed by atoms with Crippen LogP contribution in [0.15, 0.2) is 29.2 Å². The standard InChI is InChI=1S/C22H32N2O3S/c1-15-4-6-20(7-5-15)28(26,27)24(3)14-21(25)23-16(2)22-11-17-8-18(12-22)10-19(9-17)13-22/h4-7,16-19H,8-14H2,1-3H3,(H,23,25)/t16-,17?,18?,19?,22?/m1/s1. The van der Waals surface area contributed by atoms with E-state index in [-0.39, 0.29) is 28.8 Å². The molecule has 4 aliphatic carbocycles. The number of nitrogens with one attached hydrogen (secondary N) is 1. The monoisotopic (exact) mass is 404 g/mol. The third-order valence-electron chi connectivity index (χ3n) is 7.48. The molecule has 1 aromatic rings. The van der Waals surface area contributed by atoms with Crippen LogP contribution in [0.2, 0.25) is 0 Å². The molecule has 1 amide bonds. The Hall–Kier alpha value is -1.40. The van der Waals surface area contributed by atoms with Crippen molar-refractivity contribution in [3.05, 3.63) is 29.8 Å². The lowest BCUT2D eigenvalue weighted by Crippen LogP contribution is -2.56. The molecule has 0 unspecified atom stereocenters. The molecule has 0 spiro atoms. The van der Waals surface area contributed by atoms with Gasteiger partial charge in [0.1, 0.15) is 0 Å². The van der Waals surface area contributed by atoms with Crippen molar-refractivity contribution in [3.63, 3.8) is 0 Å². The summed E-state index contributed by atoms with van der Waals surface area (Å²) in [6.07, 6.45) is 7.78. The Morgan fingerprint density at radius 1 is 1.11 bits per heavy atom. The highest BCUT2D eigenvalue weighted by atomic mass is 32.2. The van der Waals surface area contributed by atoms with Crippen molar-refractivity contribution >= 4 is 15.9 Å². The topological polar surface area (TPSA) is 66.5 Å². The minimum atomic E-state index is -3.66. The summed E-state index contributed by atoms with van der Waals surface area (Å²) in [7, 11) is -2.18. The van der Waals surface area contributed by atoms with E-state index in [9.17, 15) is 13.2 Å². The molecule has 6 heteroatoms. The minimum Gasteiger partial charge on any atom is -0.352 e. The molecule has 0 aliphatic heterocycles. The first kappa shape index (κ1) is 19.9. The molecule has 154 valence electrons. The molecule has 1 N–H and O–H groups in total. The highest BCUT2D eigenvalue weighted by molar-refractivity contribution is 7.89. The highest BCUT2D eigenvalue weighted by Gasteiger charge is 2.53. The van der Waals surface area contributed by atoms with Crippen molar-refractivity contribution in [2.24, 2.45) is 23.2 Å². The Bertz CT molecular complexity index is 812. The number of hydrogen-bond donors (Lipinski definition) is 1. The number of carbonyl (C=O) groups is 1. The smallest absolute Gasteiger partial charge is 0.243 e. The molecule has 4 fully saturated rings. The molecule has 4 bridgehead atoms. The number of nitrogens with zero attached hydrogens (tertiary/aromatic N) is 1. The predicted molar refractivity (Wildman–Crippen MR) is 109 cm³/mol. The van der Waals surface area contributed by atoms with Crippen molar-refractivity contribution in [3.8, 4) is 0 Å². The van der Waals surface area contributed by atoms with E-state index in [0.29, 0.717) is 0 Å². The number of amides is 1. The summed E-state index contributed by atoms with van der Waals surface area (Å²) in [5, 5.41) is 3.16. The predicted octanol–water partition coefficient (Wildman–Crippen LogP) is 3.34. The molecule has 28 heavy (non-hydrogen) atoms. The fraction of sp³-hybridized carbons (Fsp3) is 0.682. The molecule has 4 aliphatic rings. The Morgan fingerprint density at radius 2 is 1.61 bits per heavy atom. The maximum Gasteiger partial charge on any atom is 0.243 e. The summed E-state index contributed by atoms with van der Waals surface area (Å²) >= 11 is 0. The molecule has 5 rings (SSSR count). The van der Waals surface area contributed by atoms with Crippen LogP contribution in [0.4, 0.5) is 0 Å². The van der Waals surface area contributed by atoms with E-state index < -0.39 is 10.0 Å². The van der Waals surface area contributed by atoms with Crippen LogP contribution in [0.1, 0.15) is 51.0 Å². The van der Waals surface area contributed by atoms with Gasteiger partial charge in [-0.3, -0.25) is 4.79 Å². The van der Waals surface area contributed by atoms with Crippen molar-refractivity contribution in [1.82, 2.24) is 9.62 Å². The van der Waals surface area contributed by atoms with Gasteiger partial charge in [-0.05, 0) is 87.7 Å². The molecule has 0 heterocycles. The SMILES string of the molecule is Cc1ccc(S(=O)(=O)N(C)CC(=O)N[C@H](C)C23CC4CC(CC(C4)C2)C3)cc1. The molecule has 0 aromatic heterocycles. The summed E-state index contributed by atoms with van der Waals surface area (Å²) in [5.74, 6) is 2.28. The largest absolute Gasteiger partial charge is 0.352 e. The summed E-state index contributed by atoms with van der Waals surface area (Å²) in [5.41, 5.74) is 1.22. The fourth-order valence-corrected chi connectivity index (χ4v) is 7.45. The van der Waals surface area contributed by atoms with E-state index >= 15 is 0 Å². The Balaban J connectivity index is 1.39. The average molecular weight is 405 g/mol. The Morgan fingerprint density at radius 3 is 2.11 bits per heavy atom. The molecular formula is C22H32N2O3S. The molecule has 4 saturated carbocycles. The van der Waals surface area contributed by atoms with Crippen LogP contribution >= 0.6 is 0 Å². The van der Waals surface area contributed by atoms with E-state index in [1.54, 1.807) is 24.3 Å². The molecule has 1 aromatic carbocycles. The van der Waals surface area contributed by atoms with Gasteiger partial charge in [-0.15, -0.1) is 0 Å². The Labute approximate surface area is 168 Å². The van der Waals surface area contributed by atoms with E-state index in [1.807, 2.05) is 6.92 Å². The van der Waals surface area contributed by atoms with Gasteiger partial charge in [-0.2, -0.15) is 4.31 Å². The summed E-state index contributed by atoms with van der Waals surface area (Å²) in [6.45, 7) is 3.89. The molecular weight excluding hydrogens is 372 g/mol. The zero-order valence-corrected chi connectivity index (χ0v) is 18.0. The zero-order chi connectivity index (χ0) is 20.1. The van der Waals surface area contributed by atoms with E-state index in [0.717, 1.165) is 27.6 Å². The van der Waals surface area contributed by atoms with Gasteiger partial charge in [0.05, 0.1) is 11.4 Å². The maximum absolute atomic E-state index is 12.7. The lowest BCUT2D eigenvalue weighted by Gasteiger charge is -2.59. The molecule has 1 atom stereocenters. The van der Waals surface area contributed by atoms with Gasteiger partial charge in [0.25, 0.3) is 0 Å². The van der Waals surface area contributed by atoms with Gasteiger partial charge in [-0.1, -0.05) is 17.7 Å². The number of sulfonamides is 1.